The predicted octanol–water partition coefficient (Wildman–Crippen LogP) is 1.91. The van der Waals surface area contributed by atoms with E-state index in [0.29, 0.717) is 13.2 Å². The molecule has 6 nitrogen and oxygen atoms in total. The van der Waals surface area contributed by atoms with Gasteiger partial charge in [0.15, 0.2) is 0 Å². The number of nitrogens with one attached hydrogen (secondary N) is 2. The molecule has 2 aromatic rings. The third-order valence-corrected chi connectivity index (χ3v) is 3.90. The van der Waals surface area contributed by atoms with Gasteiger partial charge in [0.25, 0.3) is 0 Å². The Morgan fingerprint density at radius 2 is 2.17 bits per heavy atom. The molecular formula is C16H21ClN4O2. The first-order valence-electron chi connectivity index (χ1n) is 7.51. The maximum Gasteiger partial charge on any atom is 0.227 e. The van der Waals surface area contributed by atoms with E-state index < -0.39 is 0 Å². The molecule has 1 aliphatic rings. The van der Waals surface area contributed by atoms with E-state index in [4.69, 9.17) is 10.5 Å². The van der Waals surface area contributed by atoms with Crippen LogP contribution in [0.15, 0.2) is 30.5 Å². The molecule has 0 saturated heterocycles. The van der Waals surface area contributed by atoms with Crippen molar-refractivity contribution < 1.29 is 9.53 Å². The second kappa shape index (κ2) is 7.99. The lowest BCUT2D eigenvalue weighted by Gasteiger charge is -2.21. The number of rotatable bonds is 5. The van der Waals surface area contributed by atoms with E-state index in [1.165, 1.54) is 0 Å². The Morgan fingerprint density at radius 1 is 1.39 bits per heavy atom. The van der Waals surface area contributed by atoms with Crippen molar-refractivity contribution in [3.05, 3.63) is 41.7 Å². The van der Waals surface area contributed by atoms with Gasteiger partial charge < -0.3 is 15.8 Å². The number of halogens is 1. The largest absolute Gasteiger partial charge is 0.492 e. The highest BCUT2D eigenvalue weighted by molar-refractivity contribution is 5.92. The number of carbonyl (C=O) groups excluding carboxylic acids is 1. The Bertz CT molecular complexity index is 642. The number of anilines is 1. The van der Waals surface area contributed by atoms with E-state index in [2.05, 4.69) is 15.5 Å². The van der Waals surface area contributed by atoms with Crippen molar-refractivity contribution in [2.45, 2.75) is 19.3 Å². The molecule has 1 aromatic carbocycles. The summed E-state index contributed by atoms with van der Waals surface area (Å²) in [7, 11) is 0. The molecule has 7 heteroatoms. The summed E-state index contributed by atoms with van der Waals surface area (Å²) in [5.41, 5.74) is 8.48. The summed E-state index contributed by atoms with van der Waals surface area (Å²) < 4.78 is 5.41. The van der Waals surface area contributed by atoms with Crippen molar-refractivity contribution in [1.82, 2.24) is 10.2 Å². The zero-order chi connectivity index (χ0) is 15.4. The van der Waals surface area contributed by atoms with Crippen molar-refractivity contribution >= 4 is 24.0 Å². The Kier molecular flexibility index (Phi) is 6.01. The minimum absolute atomic E-state index is 0. The number of nitrogens with zero attached hydrogens (tertiary/aromatic N) is 1. The molecule has 1 amide bonds. The lowest BCUT2D eigenvalue weighted by atomic mass is 9.87. The number of aromatic amines is 1. The fourth-order valence-corrected chi connectivity index (χ4v) is 2.70. The zero-order valence-electron chi connectivity index (χ0n) is 12.7. The van der Waals surface area contributed by atoms with Crippen molar-refractivity contribution in [3.63, 3.8) is 0 Å². The van der Waals surface area contributed by atoms with Crippen molar-refractivity contribution in [2.75, 3.05) is 18.5 Å². The molecule has 0 radical (unpaired) electrons. The average Bonchev–Trinajstić information content (AvgIpc) is 3.01. The number of fused-ring (bicyclic) bond motifs is 1. The van der Waals surface area contributed by atoms with Crippen LogP contribution in [0.2, 0.25) is 0 Å². The highest BCUT2D eigenvalue weighted by Gasteiger charge is 2.25. The number of hydrogen-bond acceptors (Lipinski definition) is 4. The number of aromatic nitrogens is 2. The number of ether oxygens (including phenoxy) is 1. The van der Waals surface area contributed by atoms with Crippen molar-refractivity contribution in [1.29, 1.82) is 0 Å². The highest BCUT2D eigenvalue weighted by Crippen LogP contribution is 2.25. The first-order chi connectivity index (χ1) is 10.8. The first-order valence-corrected chi connectivity index (χ1v) is 7.51. The summed E-state index contributed by atoms with van der Waals surface area (Å²) in [6.07, 6.45) is 4.28. The van der Waals surface area contributed by atoms with Crippen LogP contribution in [0.25, 0.3) is 0 Å². The molecule has 23 heavy (non-hydrogen) atoms. The molecule has 0 saturated carbocycles. The van der Waals surface area contributed by atoms with Gasteiger partial charge >= 0.3 is 0 Å². The SMILES string of the molecule is Cl.NCCOc1ccc(NC(=O)C2CCc3[nH]ncc3C2)cc1. The van der Waals surface area contributed by atoms with Gasteiger partial charge in [-0.05, 0) is 49.1 Å². The lowest BCUT2D eigenvalue weighted by molar-refractivity contribution is -0.120. The smallest absolute Gasteiger partial charge is 0.227 e. The highest BCUT2D eigenvalue weighted by atomic mass is 35.5. The predicted molar refractivity (Wildman–Crippen MR) is 91.0 cm³/mol. The van der Waals surface area contributed by atoms with Gasteiger partial charge in [-0.25, -0.2) is 0 Å². The van der Waals surface area contributed by atoms with Gasteiger partial charge in [0.2, 0.25) is 5.91 Å². The van der Waals surface area contributed by atoms with Gasteiger partial charge in [-0.15, -0.1) is 12.4 Å². The maximum absolute atomic E-state index is 12.4. The van der Waals surface area contributed by atoms with Gasteiger partial charge in [-0.1, -0.05) is 0 Å². The lowest BCUT2D eigenvalue weighted by Crippen LogP contribution is -2.27. The molecule has 0 bridgehead atoms. The van der Waals surface area contributed by atoms with Crippen LogP contribution in [-0.2, 0) is 17.6 Å². The zero-order valence-corrected chi connectivity index (χ0v) is 13.6. The van der Waals surface area contributed by atoms with E-state index in [1.54, 1.807) is 0 Å². The van der Waals surface area contributed by atoms with E-state index in [0.717, 1.165) is 42.0 Å². The second-order valence-electron chi connectivity index (χ2n) is 5.46. The van der Waals surface area contributed by atoms with Gasteiger partial charge in [0.1, 0.15) is 12.4 Å². The molecule has 1 aliphatic carbocycles. The number of nitrogens with two attached hydrogens (primary N) is 1. The summed E-state index contributed by atoms with van der Waals surface area (Å²) >= 11 is 0. The fourth-order valence-electron chi connectivity index (χ4n) is 2.70. The van der Waals surface area contributed by atoms with Crippen molar-refractivity contribution in [3.8, 4) is 5.75 Å². The van der Waals surface area contributed by atoms with E-state index in [9.17, 15) is 4.79 Å². The van der Waals surface area contributed by atoms with Gasteiger partial charge in [0.05, 0.1) is 6.20 Å². The second-order valence-corrected chi connectivity index (χ2v) is 5.46. The molecule has 1 aromatic heterocycles. The first kappa shape index (κ1) is 17.3. The fraction of sp³-hybridized carbons (Fsp3) is 0.375. The van der Waals surface area contributed by atoms with Crippen LogP contribution in [0.3, 0.4) is 0 Å². The molecule has 1 heterocycles. The number of benzene rings is 1. The minimum atomic E-state index is -0.00160. The minimum Gasteiger partial charge on any atom is -0.492 e. The van der Waals surface area contributed by atoms with E-state index >= 15 is 0 Å². The Balaban J connectivity index is 0.00000192. The van der Waals surface area contributed by atoms with Crippen LogP contribution < -0.4 is 15.8 Å². The van der Waals surface area contributed by atoms with Gasteiger partial charge in [-0.3, -0.25) is 9.89 Å². The van der Waals surface area contributed by atoms with Crippen LogP contribution in [-0.4, -0.2) is 29.3 Å². The number of carbonyl (C=O) groups is 1. The molecule has 0 fully saturated rings. The standard InChI is InChI=1S/C16H20N4O2.ClH/c17-7-8-22-14-4-2-13(3-5-14)19-16(21)11-1-6-15-12(9-11)10-18-20-15;/h2-5,10-11H,1,6-9,17H2,(H,18,20)(H,19,21);1H. The summed E-state index contributed by atoms with van der Waals surface area (Å²) in [6.45, 7) is 0.969. The number of hydrogen-bond donors (Lipinski definition) is 3. The molecule has 4 N–H and O–H groups in total. The monoisotopic (exact) mass is 336 g/mol. The molecule has 0 aliphatic heterocycles. The van der Waals surface area contributed by atoms with Crippen molar-refractivity contribution in [2.24, 2.45) is 11.7 Å². The molecule has 1 atom stereocenters. The molecule has 124 valence electrons. The number of H-pyrrole nitrogens is 1. The quantitative estimate of drug-likeness (QED) is 0.777. The summed E-state index contributed by atoms with van der Waals surface area (Å²) in [4.78, 5) is 12.4. The Labute approximate surface area is 141 Å². The molecule has 0 spiro atoms. The van der Waals surface area contributed by atoms with Crippen LogP contribution in [0.4, 0.5) is 5.69 Å². The third kappa shape index (κ3) is 4.24. The van der Waals surface area contributed by atoms with Gasteiger partial charge in [-0.2, -0.15) is 5.10 Å². The summed E-state index contributed by atoms with van der Waals surface area (Å²) in [5, 5.41) is 9.99. The summed E-state index contributed by atoms with van der Waals surface area (Å²) in [5.74, 6) is 0.810. The number of amides is 1. The average molecular weight is 337 g/mol. The van der Waals surface area contributed by atoms with Crippen LogP contribution in [0.5, 0.6) is 5.75 Å². The van der Waals surface area contributed by atoms with Crippen LogP contribution in [0, 0.1) is 5.92 Å². The Hall–Kier alpha value is -2.05. The topological polar surface area (TPSA) is 93.0 Å². The van der Waals surface area contributed by atoms with Gasteiger partial charge in [0, 0.05) is 23.8 Å². The molecule has 3 rings (SSSR count). The Morgan fingerprint density at radius 3 is 2.91 bits per heavy atom. The third-order valence-electron chi connectivity index (χ3n) is 3.90. The van der Waals surface area contributed by atoms with Crippen LogP contribution in [0.1, 0.15) is 17.7 Å². The van der Waals surface area contributed by atoms with Crippen LogP contribution >= 0.6 is 12.4 Å². The van der Waals surface area contributed by atoms with E-state index in [1.807, 2.05) is 30.5 Å². The normalized spacial score (nSPS) is 16.1. The molecule has 1 unspecified atom stereocenters. The molecular weight excluding hydrogens is 316 g/mol. The number of aryl methyl sites for hydroxylation is 1. The van der Waals surface area contributed by atoms with E-state index in [-0.39, 0.29) is 24.2 Å². The maximum atomic E-state index is 12.4. The summed E-state index contributed by atoms with van der Waals surface area (Å²) in [6, 6.07) is 7.35.